The van der Waals surface area contributed by atoms with E-state index in [1.165, 1.54) is 58.2 Å². The van der Waals surface area contributed by atoms with Gasteiger partial charge in [-0.2, -0.15) is 0 Å². The highest BCUT2D eigenvalue weighted by atomic mass is 15.2. The fourth-order valence-electron chi connectivity index (χ4n) is 3.08. The predicted octanol–water partition coefficient (Wildman–Crippen LogP) is 3.67. The summed E-state index contributed by atoms with van der Waals surface area (Å²) in [4.78, 5) is 2.75. The largest absolute Gasteiger partial charge is 0.316 e. The lowest BCUT2D eigenvalue weighted by molar-refractivity contribution is 0.194. The van der Waals surface area contributed by atoms with Crippen LogP contribution in [0.5, 0.6) is 0 Å². The highest BCUT2D eigenvalue weighted by Crippen LogP contribution is 2.26. The van der Waals surface area contributed by atoms with Gasteiger partial charge in [0, 0.05) is 12.1 Å². The van der Waals surface area contributed by atoms with Gasteiger partial charge in [0.15, 0.2) is 0 Å². The molecule has 1 aliphatic rings. The molecule has 0 aromatic rings. The molecular formula is C16H34N2. The lowest BCUT2D eigenvalue weighted by atomic mass is 10.1. The van der Waals surface area contributed by atoms with Crippen LogP contribution in [0.1, 0.15) is 66.2 Å². The zero-order valence-electron chi connectivity index (χ0n) is 13.0. The quantitative estimate of drug-likeness (QED) is 0.632. The topological polar surface area (TPSA) is 15.3 Å². The van der Waals surface area contributed by atoms with Crippen LogP contribution in [0.3, 0.4) is 0 Å². The molecule has 1 heterocycles. The van der Waals surface area contributed by atoms with Crippen molar-refractivity contribution in [2.45, 2.75) is 78.3 Å². The van der Waals surface area contributed by atoms with Gasteiger partial charge in [0.25, 0.3) is 0 Å². The first kappa shape index (κ1) is 16.0. The van der Waals surface area contributed by atoms with Crippen molar-refractivity contribution in [2.75, 3.05) is 19.6 Å². The third-order valence-corrected chi connectivity index (χ3v) is 4.25. The number of rotatable bonds is 9. The summed E-state index contributed by atoms with van der Waals surface area (Å²) in [6, 6.07) is 1.70. The Labute approximate surface area is 115 Å². The summed E-state index contributed by atoms with van der Waals surface area (Å²) in [7, 11) is 0. The molecule has 1 N–H and O–H groups in total. The van der Waals surface area contributed by atoms with Crippen LogP contribution in [0.15, 0.2) is 0 Å². The highest BCUT2D eigenvalue weighted by molar-refractivity contribution is 4.83. The van der Waals surface area contributed by atoms with Crippen molar-refractivity contribution in [3.63, 3.8) is 0 Å². The minimum absolute atomic E-state index is 0.778. The van der Waals surface area contributed by atoms with Gasteiger partial charge < -0.3 is 5.32 Å². The monoisotopic (exact) mass is 254 g/mol. The molecule has 2 nitrogen and oxygen atoms in total. The molecule has 108 valence electrons. The lowest BCUT2D eigenvalue weighted by Gasteiger charge is -2.27. The Hall–Kier alpha value is -0.0800. The van der Waals surface area contributed by atoms with E-state index in [9.17, 15) is 0 Å². The SMILES string of the molecule is CCC1CCC(C)N1CCCCCNCC(C)C. The van der Waals surface area contributed by atoms with Crippen molar-refractivity contribution in [3.8, 4) is 0 Å². The van der Waals surface area contributed by atoms with E-state index in [1.807, 2.05) is 0 Å². The van der Waals surface area contributed by atoms with Gasteiger partial charge in [-0.1, -0.05) is 27.2 Å². The minimum atomic E-state index is 0.778. The minimum Gasteiger partial charge on any atom is -0.316 e. The molecule has 0 aromatic heterocycles. The summed E-state index contributed by atoms with van der Waals surface area (Å²) in [6.45, 7) is 13.0. The van der Waals surface area contributed by atoms with Crippen molar-refractivity contribution in [3.05, 3.63) is 0 Å². The van der Waals surface area contributed by atoms with Gasteiger partial charge in [-0.05, 0) is 64.6 Å². The van der Waals surface area contributed by atoms with E-state index < -0.39 is 0 Å². The summed E-state index contributed by atoms with van der Waals surface area (Å²) in [5.74, 6) is 0.778. The molecule has 1 fully saturated rings. The van der Waals surface area contributed by atoms with Crippen LogP contribution in [0.4, 0.5) is 0 Å². The van der Waals surface area contributed by atoms with E-state index in [4.69, 9.17) is 0 Å². The fraction of sp³-hybridized carbons (Fsp3) is 1.00. The van der Waals surface area contributed by atoms with Crippen molar-refractivity contribution < 1.29 is 0 Å². The number of hydrogen-bond donors (Lipinski definition) is 1. The molecule has 0 bridgehead atoms. The van der Waals surface area contributed by atoms with Crippen LogP contribution in [-0.2, 0) is 0 Å². The molecule has 0 radical (unpaired) electrons. The molecule has 2 atom stereocenters. The highest BCUT2D eigenvalue weighted by Gasteiger charge is 2.28. The molecule has 18 heavy (non-hydrogen) atoms. The number of hydrogen-bond acceptors (Lipinski definition) is 2. The molecule has 0 spiro atoms. The number of unbranched alkanes of at least 4 members (excludes halogenated alkanes) is 2. The van der Waals surface area contributed by atoms with Crippen LogP contribution in [-0.4, -0.2) is 36.6 Å². The van der Waals surface area contributed by atoms with E-state index in [-0.39, 0.29) is 0 Å². The molecule has 0 amide bonds. The average molecular weight is 254 g/mol. The Morgan fingerprint density at radius 3 is 2.61 bits per heavy atom. The van der Waals surface area contributed by atoms with E-state index in [0.29, 0.717) is 0 Å². The van der Waals surface area contributed by atoms with Gasteiger partial charge in [0.2, 0.25) is 0 Å². The van der Waals surface area contributed by atoms with Crippen molar-refractivity contribution in [1.82, 2.24) is 10.2 Å². The van der Waals surface area contributed by atoms with Gasteiger partial charge in [-0.15, -0.1) is 0 Å². The Morgan fingerprint density at radius 1 is 1.17 bits per heavy atom. The van der Waals surface area contributed by atoms with Crippen molar-refractivity contribution in [2.24, 2.45) is 5.92 Å². The van der Waals surface area contributed by atoms with Crippen LogP contribution in [0, 0.1) is 5.92 Å². The molecule has 0 aromatic carbocycles. The molecule has 1 rings (SSSR count). The lowest BCUT2D eigenvalue weighted by Crippen LogP contribution is -2.35. The molecule has 2 heteroatoms. The zero-order valence-corrected chi connectivity index (χ0v) is 13.0. The van der Waals surface area contributed by atoms with Gasteiger partial charge in [-0.25, -0.2) is 0 Å². The second kappa shape index (κ2) is 8.92. The third kappa shape index (κ3) is 5.71. The third-order valence-electron chi connectivity index (χ3n) is 4.25. The molecule has 1 saturated heterocycles. The standard InChI is InChI=1S/C16H34N2/c1-5-16-10-9-15(4)18(16)12-8-6-7-11-17-13-14(2)3/h14-17H,5-13H2,1-4H3. The van der Waals surface area contributed by atoms with Crippen molar-refractivity contribution in [1.29, 1.82) is 0 Å². The first-order valence-electron chi connectivity index (χ1n) is 8.11. The summed E-state index contributed by atoms with van der Waals surface area (Å²) in [5.41, 5.74) is 0. The van der Waals surface area contributed by atoms with Crippen LogP contribution in [0.2, 0.25) is 0 Å². The van der Waals surface area contributed by atoms with Crippen molar-refractivity contribution >= 4 is 0 Å². The average Bonchev–Trinajstić information content (AvgIpc) is 2.69. The Kier molecular flexibility index (Phi) is 7.92. The molecular weight excluding hydrogens is 220 g/mol. The van der Waals surface area contributed by atoms with E-state index in [0.717, 1.165) is 18.0 Å². The van der Waals surface area contributed by atoms with E-state index in [2.05, 4.69) is 37.9 Å². The van der Waals surface area contributed by atoms with Gasteiger partial charge in [0.1, 0.15) is 0 Å². The van der Waals surface area contributed by atoms with Crippen LogP contribution in [0.25, 0.3) is 0 Å². The molecule has 2 unspecified atom stereocenters. The molecule has 1 aliphatic heterocycles. The second-order valence-electron chi connectivity index (χ2n) is 6.38. The fourth-order valence-corrected chi connectivity index (χ4v) is 3.08. The van der Waals surface area contributed by atoms with E-state index in [1.54, 1.807) is 0 Å². The normalized spacial score (nSPS) is 25.2. The number of nitrogens with one attached hydrogen (secondary N) is 1. The smallest absolute Gasteiger partial charge is 0.00960 e. The van der Waals surface area contributed by atoms with Gasteiger partial charge >= 0.3 is 0 Å². The van der Waals surface area contributed by atoms with Gasteiger partial charge in [-0.3, -0.25) is 4.90 Å². The van der Waals surface area contributed by atoms with Gasteiger partial charge in [0.05, 0.1) is 0 Å². The molecule has 0 saturated carbocycles. The summed E-state index contributed by atoms with van der Waals surface area (Å²) in [5, 5.41) is 3.53. The van der Waals surface area contributed by atoms with Crippen LogP contribution < -0.4 is 5.32 Å². The summed E-state index contributed by atoms with van der Waals surface area (Å²) >= 11 is 0. The Balaban J connectivity index is 2.00. The van der Waals surface area contributed by atoms with Crippen LogP contribution >= 0.6 is 0 Å². The van der Waals surface area contributed by atoms with E-state index >= 15 is 0 Å². The second-order valence-corrected chi connectivity index (χ2v) is 6.38. The first-order chi connectivity index (χ1) is 8.65. The summed E-state index contributed by atoms with van der Waals surface area (Å²) < 4.78 is 0. The number of nitrogens with zero attached hydrogens (tertiary/aromatic N) is 1. The predicted molar refractivity (Wildman–Crippen MR) is 81.0 cm³/mol. The summed E-state index contributed by atoms with van der Waals surface area (Å²) in [6.07, 6.45) is 8.27. The maximum Gasteiger partial charge on any atom is 0.00960 e. The maximum atomic E-state index is 3.53. The first-order valence-corrected chi connectivity index (χ1v) is 8.11. The Morgan fingerprint density at radius 2 is 1.94 bits per heavy atom. The zero-order chi connectivity index (χ0) is 13.4. The maximum absolute atomic E-state index is 3.53. The number of likely N-dealkylation sites (tertiary alicyclic amines) is 1. The molecule has 0 aliphatic carbocycles. The Bertz CT molecular complexity index is 203.